The maximum Gasteiger partial charge on any atom is 0.311 e. The standard InChI is InChI=1S/C14H21N3O2/c1-10-8-13(17(18)19)14(15-9-10)16-12-7-5-3-4-6-11(12)2/h8-9,11-12H,3-7H2,1-2H3,(H,15,16). The van der Waals surface area contributed by atoms with E-state index in [4.69, 9.17) is 0 Å². The van der Waals surface area contributed by atoms with Gasteiger partial charge in [0.15, 0.2) is 0 Å². The second-order valence-electron chi connectivity index (χ2n) is 5.50. The van der Waals surface area contributed by atoms with Gasteiger partial charge in [-0.05, 0) is 31.2 Å². The van der Waals surface area contributed by atoms with Crippen molar-refractivity contribution in [2.45, 2.75) is 52.0 Å². The molecule has 1 aliphatic carbocycles. The molecule has 0 radical (unpaired) electrons. The topological polar surface area (TPSA) is 68.1 Å². The van der Waals surface area contributed by atoms with Crippen LogP contribution in [0.5, 0.6) is 0 Å². The molecule has 5 heteroatoms. The molecule has 1 aliphatic rings. The molecule has 1 fully saturated rings. The first kappa shape index (κ1) is 13.8. The van der Waals surface area contributed by atoms with Gasteiger partial charge in [0.2, 0.25) is 5.82 Å². The van der Waals surface area contributed by atoms with E-state index in [1.807, 2.05) is 6.92 Å². The summed E-state index contributed by atoms with van der Waals surface area (Å²) in [5.41, 5.74) is 0.891. The number of nitrogens with one attached hydrogen (secondary N) is 1. The van der Waals surface area contributed by atoms with Crippen LogP contribution >= 0.6 is 0 Å². The number of nitrogens with zero attached hydrogens (tertiary/aromatic N) is 2. The van der Waals surface area contributed by atoms with Crippen molar-refractivity contribution in [3.63, 3.8) is 0 Å². The minimum Gasteiger partial charge on any atom is -0.361 e. The lowest BCUT2D eigenvalue weighted by Gasteiger charge is -2.23. The Kier molecular flexibility index (Phi) is 4.35. The first-order valence-electron chi connectivity index (χ1n) is 6.95. The Balaban J connectivity index is 2.19. The average molecular weight is 263 g/mol. The smallest absolute Gasteiger partial charge is 0.311 e. The van der Waals surface area contributed by atoms with Crippen LogP contribution in [-0.2, 0) is 0 Å². The normalized spacial score (nSPS) is 23.7. The Bertz CT molecular complexity index is 462. The Morgan fingerprint density at radius 1 is 1.37 bits per heavy atom. The lowest BCUT2D eigenvalue weighted by molar-refractivity contribution is -0.384. The molecule has 2 rings (SSSR count). The third-order valence-corrected chi connectivity index (χ3v) is 3.88. The van der Waals surface area contributed by atoms with Gasteiger partial charge in [-0.25, -0.2) is 4.98 Å². The minimum absolute atomic E-state index is 0.0800. The lowest BCUT2D eigenvalue weighted by atomic mass is 9.97. The summed E-state index contributed by atoms with van der Waals surface area (Å²) >= 11 is 0. The van der Waals surface area contributed by atoms with Crippen molar-refractivity contribution in [1.29, 1.82) is 0 Å². The molecular formula is C14H21N3O2. The van der Waals surface area contributed by atoms with Crippen LogP contribution in [0.1, 0.15) is 44.6 Å². The molecule has 1 saturated carbocycles. The van der Waals surface area contributed by atoms with E-state index in [0.717, 1.165) is 12.0 Å². The van der Waals surface area contributed by atoms with E-state index in [2.05, 4.69) is 17.2 Å². The Morgan fingerprint density at radius 3 is 2.84 bits per heavy atom. The van der Waals surface area contributed by atoms with Gasteiger partial charge in [0.1, 0.15) is 0 Å². The summed E-state index contributed by atoms with van der Waals surface area (Å²) < 4.78 is 0. The van der Waals surface area contributed by atoms with Crippen LogP contribution in [0.15, 0.2) is 12.3 Å². The molecule has 1 aromatic rings. The van der Waals surface area contributed by atoms with Crippen molar-refractivity contribution in [3.05, 3.63) is 27.9 Å². The SMILES string of the molecule is Cc1cnc(NC2CCCCCC2C)c([N+](=O)[O-])c1. The minimum atomic E-state index is -0.357. The molecule has 0 aliphatic heterocycles. The van der Waals surface area contributed by atoms with Crippen LogP contribution in [0.3, 0.4) is 0 Å². The maximum atomic E-state index is 11.1. The van der Waals surface area contributed by atoms with Crippen molar-refractivity contribution in [2.24, 2.45) is 5.92 Å². The molecule has 0 aromatic carbocycles. The van der Waals surface area contributed by atoms with Gasteiger partial charge in [0.05, 0.1) is 4.92 Å². The van der Waals surface area contributed by atoms with E-state index in [-0.39, 0.29) is 16.7 Å². The number of hydrogen-bond donors (Lipinski definition) is 1. The van der Waals surface area contributed by atoms with E-state index in [9.17, 15) is 10.1 Å². The highest BCUT2D eigenvalue weighted by Crippen LogP contribution is 2.29. The Hall–Kier alpha value is -1.65. The highest BCUT2D eigenvalue weighted by Gasteiger charge is 2.23. The second-order valence-corrected chi connectivity index (χ2v) is 5.50. The first-order valence-corrected chi connectivity index (χ1v) is 6.95. The summed E-state index contributed by atoms with van der Waals surface area (Å²) in [5, 5.41) is 14.4. The van der Waals surface area contributed by atoms with E-state index in [0.29, 0.717) is 11.7 Å². The molecule has 5 nitrogen and oxygen atoms in total. The van der Waals surface area contributed by atoms with Gasteiger partial charge < -0.3 is 5.32 Å². The zero-order valence-corrected chi connectivity index (χ0v) is 11.6. The molecule has 1 heterocycles. The summed E-state index contributed by atoms with van der Waals surface area (Å²) in [6.45, 7) is 4.03. The zero-order chi connectivity index (χ0) is 13.8. The summed E-state index contributed by atoms with van der Waals surface area (Å²) in [6.07, 6.45) is 7.61. The van der Waals surface area contributed by atoms with Crippen LogP contribution in [0, 0.1) is 23.0 Å². The molecule has 0 bridgehead atoms. The van der Waals surface area contributed by atoms with Gasteiger partial charge in [-0.1, -0.05) is 26.2 Å². The molecular weight excluding hydrogens is 242 g/mol. The fourth-order valence-corrected chi connectivity index (χ4v) is 2.69. The number of hydrogen-bond acceptors (Lipinski definition) is 4. The van der Waals surface area contributed by atoms with E-state index in [1.54, 1.807) is 12.3 Å². The number of aryl methyl sites for hydroxylation is 1. The van der Waals surface area contributed by atoms with Crippen LogP contribution in [-0.4, -0.2) is 15.9 Å². The summed E-state index contributed by atoms with van der Waals surface area (Å²) in [4.78, 5) is 14.9. The van der Waals surface area contributed by atoms with Crippen molar-refractivity contribution >= 4 is 11.5 Å². The third kappa shape index (κ3) is 3.43. The Morgan fingerprint density at radius 2 is 2.11 bits per heavy atom. The van der Waals surface area contributed by atoms with E-state index in [1.165, 1.54) is 25.7 Å². The van der Waals surface area contributed by atoms with Gasteiger partial charge in [-0.3, -0.25) is 10.1 Å². The van der Waals surface area contributed by atoms with E-state index >= 15 is 0 Å². The van der Waals surface area contributed by atoms with Crippen LogP contribution < -0.4 is 5.32 Å². The van der Waals surface area contributed by atoms with E-state index < -0.39 is 0 Å². The number of nitro groups is 1. The van der Waals surface area contributed by atoms with Gasteiger partial charge in [0, 0.05) is 18.3 Å². The summed E-state index contributed by atoms with van der Waals surface area (Å²) in [6, 6.07) is 1.87. The number of aromatic nitrogens is 1. The zero-order valence-electron chi connectivity index (χ0n) is 11.6. The van der Waals surface area contributed by atoms with Crippen molar-refractivity contribution in [3.8, 4) is 0 Å². The first-order chi connectivity index (χ1) is 9.08. The molecule has 1 aromatic heterocycles. The molecule has 2 atom stereocenters. The second kappa shape index (κ2) is 5.99. The number of pyridine rings is 1. The molecule has 2 unspecified atom stereocenters. The van der Waals surface area contributed by atoms with Gasteiger partial charge in [-0.15, -0.1) is 0 Å². The molecule has 0 saturated heterocycles. The molecule has 0 spiro atoms. The predicted molar refractivity (Wildman–Crippen MR) is 75.3 cm³/mol. The number of rotatable bonds is 3. The van der Waals surface area contributed by atoms with Gasteiger partial charge in [-0.2, -0.15) is 0 Å². The monoisotopic (exact) mass is 263 g/mol. The fourth-order valence-electron chi connectivity index (χ4n) is 2.69. The van der Waals surface area contributed by atoms with Crippen molar-refractivity contribution in [1.82, 2.24) is 4.98 Å². The van der Waals surface area contributed by atoms with Crippen molar-refractivity contribution in [2.75, 3.05) is 5.32 Å². The Labute approximate surface area is 113 Å². The quantitative estimate of drug-likeness (QED) is 0.513. The van der Waals surface area contributed by atoms with Crippen LogP contribution in [0.25, 0.3) is 0 Å². The predicted octanol–water partition coefficient (Wildman–Crippen LogP) is 3.68. The summed E-state index contributed by atoms with van der Waals surface area (Å²) in [7, 11) is 0. The van der Waals surface area contributed by atoms with Crippen molar-refractivity contribution < 1.29 is 4.92 Å². The largest absolute Gasteiger partial charge is 0.361 e. The van der Waals surface area contributed by atoms with Crippen LogP contribution in [0.4, 0.5) is 11.5 Å². The maximum absolute atomic E-state index is 11.1. The van der Waals surface area contributed by atoms with Crippen LogP contribution in [0.2, 0.25) is 0 Å². The third-order valence-electron chi connectivity index (χ3n) is 3.88. The van der Waals surface area contributed by atoms with Gasteiger partial charge in [0.25, 0.3) is 0 Å². The molecule has 1 N–H and O–H groups in total. The lowest BCUT2D eigenvalue weighted by Crippen LogP contribution is -2.27. The fraction of sp³-hybridized carbons (Fsp3) is 0.643. The molecule has 0 amide bonds. The highest BCUT2D eigenvalue weighted by molar-refractivity contribution is 5.57. The summed E-state index contributed by atoms with van der Waals surface area (Å²) in [5.74, 6) is 0.944. The average Bonchev–Trinajstić information content (AvgIpc) is 2.57. The highest BCUT2D eigenvalue weighted by atomic mass is 16.6. The number of anilines is 1. The molecule has 19 heavy (non-hydrogen) atoms. The van der Waals surface area contributed by atoms with Gasteiger partial charge >= 0.3 is 5.69 Å². The molecule has 104 valence electrons.